The van der Waals surface area contributed by atoms with Crippen molar-refractivity contribution in [3.8, 4) is 0 Å². The Morgan fingerprint density at radius 3 is 2.77 bits per heavy atom. The lowest BCUT2D eigenvalue weighted by Gasteiger charge is -2.16. The standard InChI is InChI=1S/C18H26N2OSi/c1-22(2,3)7-6-21-12-20-11-19-17(18(20)13-4-5-13)16-9-14-8-15(14)10-16/h8-9,11,13,15H,4-7,10,12H2,1-3H3. The van der Waals surface area contributed by atoms with Crippen molar-refractivity contribution < 1.29 is 4.74 Å². The predicted molar refractivity (Wildman–Crippen MR) is 92.5 cm³/mol. The van der Waals surface area contributed by atoms with Crippen molar-refractivity contribution >= 4 is 13.6 Å². The van der Waals surface area contributed by atoms with E-state index in [1.807, 2.05) is 6.33 Å². The first kappa shape index (κ1) is 14.5. The fraction of sp³-hybridized carbons (Fsp3) is 0.611. The van der Waals surface area contributed by atoms with E-state index in [0.29, 0.717) is 12.6 Å². The number of rotatable bonds is 7. The van der Waals surface area contributed by atoms with Crippen LogP contribution in [-0.4, -0.2) is 24.2 Å². The summed E-state index contributed by atoms with van der Waals surface area (Å²) >= 11 is 0. The van der Waals surface area contributed by atoms with E-state index >= 15 is 0 Å². The van der Waals surface area contributed by atoms with Gasteiger partial charge in [-0.2, -0.15) is 0 Å². The highest BCUT2D eigenvalue weighted by atomic mass is 28.3. The number of aromatic nitrogens is 2. The lowest BCUT2D eigenvalue weighted by Crippen LogP contribution is -2.22. The van der Waals surface area contributed by atoms with Gasteiger partial charge in [0.2, 0.25) is 0 Å². The summed E-state index contributed by atoms with van der Waals surface area (Å²) in [6, 6.07) is 1.23. The van der Waals surface area contributed by atoms with Crippen molar-refractivity contribution in [2.45, 2.75) is 57.6 Å². The van der Waals surface area contributed by atoms with Gasteiger partial charge < -0.3 is 9.30 Å². The first-order valence-electron chi connectivity index (χ1n) is 8.57. The molecule has 4 heteroatoms. The summed E-state index contributed by atoms with van der Waals surface area (Å²) in [4.78, 5) is 4.74. The molecule has 22 heavy (non-hydrogen) atoms. The number of imidazole rings is 1. The number of hydrogen-bond donors (Lipinski definition) is 0. The van der Waals surface area contributed by atoms with Crippen LogP contribution in [0, 0.1) is 5.92 Å². The van der Waals surface area contributed by atoms with Crippen LogP contribution in [0.15, 0.2) is 24.1 Å². The van der Waals surface area contributed by atoms with E-state index in [1.165, 1.54) is 47.8 Å². The van der Waals surface area contributed by atoms with E-state index in [4.69, 9.17) is 9.72 Å². The van der Waals surface area contributed by atoms with Crippen LogP contribution >= 0.6 is 0 Å². The number of hydrogen-bond acceptors (Lipinski definition) is 2. The molecule has 0 amide bonds. The van der Waals surface area contributed by atoms with Crippen LogP contribution < -0.4 is 0 Å². The molecule has 0 N–H and O–H groups in total. The Morgan fingerprint density at radius 2 is 2.14 bits per heavy atom. The molecule has 3 aliphatic rings. The smallest absolute Gasteiger partial charge is 0.124 e. The second-order valence-electron chi connectivity index (χ2n) is 8.22. The molecule has 1 saturated carbocycles. The first-order chi connectivity index (χ1) is 10.5. The van der Waals surface area contributed by atoms with Crippen LogP contribution in [0.4, 0.5) is 0 Å². The Hall–Kier alpha value is -1.13. The summed E-state index contributed by atoms with van der Waals surface area (Å²) in [5.74, 6) is 1.45. The molecule has 0 spiro atoms. The fourth-order valence-corrected chi connectivity index (χ4v) is 4.00. The van der Waals surface area contributed by atoms with Gasteiger partial charge in [-0.05, 0) is 36.5 Å². The first-order valence-corrected chi connectivity index (χ1v) is 12.3. The molecule has 118 valence electrons. The second-order valence-corrected chi connectivity index (χ2v) is 13.8. The number of fused-ring (bicyclic) bond motifs is 1. The van der Waals surface area contributed by atoms with E-state index < -0.39 is 8.07 Å². The lowest BCUT2D eigenvalue weighted by atomic mass is 10.1. The summed E-state index contributed by atoms with van der Waals surface area (Å²) in [7, 11) is -1.00. The van der Waals surface area contributed by atoms with Crippen LogP contribution in [0.5, 0.6) is 0 Å². The topological polar surface area (TPSA) is 27.1 Å². The minimum atomic E-state index is -1.00. The molecule has 3 nitrogen and oxygen atoms in total. The fourth-order valence-electron chi connectivity index (χ4n) is 3.25. The highest BCUT2D eigenvalue weighted by Crippen LogP contribution is 2.49. The normalized spacial score (nSPS) is 23.3. The van der Waals surface area contributed by atoms with Gasteiger partial charge in [-0.25, -0.2) is 4.98 Å². The molecule has 0 aliphatic heterocycles. The van der Waals surface area contributed by atoms with Crippen molar-refractivity contribution in [3.05, 3.63) is 35.4 Å². The Kier molecular flexibility index (Phi) is 3.42. The third kappa shape index (κ3) is 2.99. The van der Waals surface area contributed by atoms with Crippen LogP contribution in [0.1, 0.15) is 36.6 Å². The van der Waals surface area contributed by atoms with Gasteiger partial charge in [-0.3, -0.25) is 0 Å². The minimum absolute atomic E-state index is 0.669. The largest absolute Gasteiger partial charge is 0.361 e. The van der Waals surface area contributed by atoms with Gasteiger partial charge in [-0.1, -0.05) is 31.8 Å². The summed E-state index contributed by atoms with van der Waals surface area (Å²) in [5, 5.41) is 0. The van der Waals surface area contributed by atoms with Gasteiger partial charge in [0.25, 0.3) is 0 Å². The molecule has 1 fully saturated rings. The van der Waals surface area contributed by atoms with Gasteiger partial charge in [0, 0.05) is 26.5 Å². The number of allylic oxidation sites excluding steroid dienone is 4. The Balaban J connectivity index is 1.45. The zero-order valence-electron chi connectivity index (χ0n) is 13.9. The second kappa shape index (κ2) is 5.20. The molecule has 1 heterocycles. The van der Waals surface area contributed by atoms with E-state index in [9.17, 15) is 0 Å². The Bertz CT molecular complexity index is 647. The van der Waals surface area contributed by atoms with Crippen LogP contribution in [-0.2, 0) is 11.5 Å². The van der Waals surface area contributed by atoms with E-state index in [1.54, 1.807) is 0 Å². The van der Waals surface area contributed by atoms with Gasteiger partial charge in [0.1, 0.15) is 6.73 Å². The Labute approximate surface area is 134 Å². The molecule has 0 bridgehead atoms. The van der Waals surface area contributed by atoms with Crippen molar-refractivity contribution in [2.75, 3.05) is 6.61 Å². The summed E-state index contributed by atoms with van der Waals surface area (Å²) in [5.41, 5.74) is 5.66. The highest BCUT2D eigenvalue weighted by molar-refractivity contribution is 6.76. The molecule has 1 aromatic rings. The SMILES string of the molecule is C[Si](C)(C)CCOCn1cnc(C2=CC3=CC3C2)c1C1CC1. The van der Waals surface area contributed by atoms with Crippen molar-refractivity contribution in [1.82, 2.24) is 9.55 Å². The van der Waals surface area contributed by atoms with Crippen molar-refractivity contribution in [1.29, 1.82) is 0 Å². The van der Waals surface area contributed by atoms with Gasteiger partial charge in [-0.15, -0.1) is 0 Å². The quantitative estimate of drug-likeness (QED) is 0.550. The molecule has 0 radical (unpaired) electrons. The molecule has 1 unspecified atom stereocenters. The summed E-state index contributed by atoms with van der Waals surface area (Å²) in [6.07, 6.45) is 10.5. The summed E-state index contributed by atoms with van der Waals surface area (Å²) in [6.45, 7) is 8.74. The molecular weight excluding hydrogens is 288 g/mol. The van der Waals surface area contributed by atoms with Crippen molar-refractivity contribution in [2.24, 2.45) is 5.92 Å². The maximum absolute atomic E-state index is 5.95. The Morgan fingerprint density at radius 1 is 1.32 bits per heavy atom. The summed E-state index contributed by atoms with van der Waals surface area (Å²) < 4.78 is 8.21. The van der Waals surface area contributed by atoms with Crippen LogP contribution in [0.25, 0.3) is 5.57 Å². The molecule has 3 aliphatic carbocycles. The predicted octanol–water partition coefficient (Wildman–Crippen LogP) is 4.42. The number of nitrogens with zero attached hydrogens (tertiary/aromatic N) is 2. The maximum atomic E-state index is 5.95. The zero-order valence-corrected chi connectivity index (χ0v) is 14.9. The van der Waals surface area contributed by atoms with Gasteiger partial charge in [0.05, 0.1) is 17.7 Å². The molecule has 1 atom stereocenters. The monoisotopic (exact) mass is 314 g/mol. The van der Waals surface area contributed by atoms with E-state index in [0.717, 1.165) is 12.5 Å². The molecule has 4 rings (SSSR count). The average Bonchev–Trinajstić information content (AvgIpc) is 3.35. The van der Waals surface area contributed by atoms with Crippen molar-refractivity contribution in [3.63, 3.8) is 0 Å². The third-order valence-electron chi connectivity index (χ3n) is 4.87. The van der Waals surface area contributed by atoms with E-state index in [2.05, 4.69) is 36.4 Å². The van der Waals surface area contributed by atoms with Crippen LogP contribution in [0.2, 0.25) is 25.7 Å². The van der Waals surface area contributed by atoms with Gasteiger partial charge in [0.15, 0.2) is 0 Å². The third-order valence-corrected chi connectivity index (χ3v) is 6.57. The zero-order chi connectivity index (χ0) is 15.3. The molecular formula is C18H26N2OSi. The van der Waals surface area contributed by atoms with Gasteiger partial charge >= 0.3 is 0 Å². The molecule has 0 aromatic carbocycles. The molecule has 1 aromatic heterocycles. The maximum Gasteiger partial charge on any atom is 0.124 e. The number of ether oxygens (including phenoxy) is 1. The highest BCUT2D eigenvalue weighted by Gasteiger charge is 2.36. The molecule has 0 saturated heterocycles. The lowest BCUT2D eigenvalue weighted by molar-refractivity contribution is 0.0853. The minimum Gasteiger partial charge on any atom is -0.361 e. The van der Waals surface area contributed by atoms with E-state index in [-0.39, 0.29) is 0 Å². The average molecular weight is 315 g/mol. The van der Waals surface area contributed by atoms with Crippen LogP contribution in [0.3, 0.4) is 0 Å².